The zero-order valence-corrected chi connectivity index (χ0v) is 19.2. The van der Waals surface area contributed by atoms with Gasteiger partial charge in [-0.3, -0.25) is 9.59 Å². The van der Waals surface area contributed by atoms with Gasteiger partial charge in [0.25, 0.3) is 0 Å². The first-order chi connectivity index (χ1) is 14.0. The number of rotatable bonds is 14. The number of carbonyl (C=O) groups excluding carboxylic acids is 1. The van der Waals surface area contributed by atoms with Crippen molar-refractivity contribution in [2.75, 3.05) is 13.1 Å². The molecule has 2 unspecified atom stereocenters. The van der Waals surface area contributed by atoms with E-state index in [2.05, 4.69) is 41.5 Å². The molecule has 2 heterocycles. The molecule has 29 heavy (non-hydrogen) atoms. The van der Waals surface area contributed by atoms with Crippen LogP contribution in [0.5, 0.6) is 0 Å². The highest BCUT2D eigenvalue weighted by atomic mass is 32.2. The van der Waals surface area contributed by atoms with Crippen molar-refractivity contribution < 1.29 is 14.7 Å². The fourth-order valence-corrected chi connectivity index (χ4v) is 6.57. The fraction of sp³-hybridized carbons (Fsp3) is 0.773. The standard InChI is InChI=1S/C22H36N2O3S2/c1-2-3-8-13-23-21(28)14-20(25)24-15-17-16(18-11-12-19(17)29-18)9-6-4-5-7-10-22(26)27/h4,6,16-19H,2-3,5,7-15H2,1H3,(H,23,28)(H,24,25)(H,26,27)/b6-4-/t16?,17-,18?,19-/m0/s1. The summed E-state index contributed by atoms with van der Waals surface area (Å²) in [5.74, 6) is 0.425. The number of amides is 1. The molecule has 164 valence electrons. The predicted molar refractivity (Wildman–Crippen MR) is 124 cm³/mol. The first-order valence-corrected chi connectivity index (χ1v) is 12.4. The number of fused-ring (bicyclic) bond motifs is 2. The van der Waals surface area contributed by atoms with Gasteiger partial charge in [-0.05, 0) is 50.4 Å². The number of aliphatic carboxylic acids is 1. The van der Waals surface area contributed by atoms with Crippen LogP contribution in [-0.2, 0) is 9.59 Å². The third-order valence-electron chi connectivity index (χ3n) is 5.89. The Bertz CT molecular complexity index is 582. The summed E-state index contributed by atoms with van der Waals surface area (Å²) in [6.07, 6.45) is 13.4. The van der Waals surface area contributed by atoms with E-state index in [1.165, 1.54) is 25.7 Å². The Morgan fingerprint density at radius 2 is 1.86 bits per heavy atom. The molecule has 2 fully saturated rings. The average molecular weight is 441 g/mol. The van der Waals surface area contributed by atoms with Crippen LogP contribution in [0.1, 0.15) is 71.1 Å². The van der Waals surface area contributed by atoms with E-state index in [-0.39, 0.29) is 18.7 Å². The second-order valence-corrected chi connectivity index (χ2v) is 10.1. The molecule has 7 heteroatoms. The Labute approximate surface area is 184 Å². The van der Waals surface area contributed by atoms with Crippen molar-refractivity contribution in [1.82, 2.24) is 10.6 Å². The largest absolute Gasteiger partial charge is 0.481 e. The van der Waals surface area contributed by atoms with Crippen LogP contribution in [0.3, 0.4) is 0 Å². The van der Waals surface area contributed by atoms with Gasteiger partial charge in [-0.15, -0.1) is 0 Å². The Kier molecular flexibility index (Phi) is 11.1. The second-order valence-electron chi connectivity index (χ2n) is 8.15. The van der Waals surface area contributed by atoms with E-state index < -0.39 is 5.97 Å². The third-order valence-corrected chi connectivity index (χ3v) is 8.04. The van der Waals surface area contributed by atoms with Crippen molar-refractivity contribution in [3.05, 3.63) is 12.2 Å². The SMILES string of the molecule is CCCCCNC(=S)CC(=O)NC[C@H]1C(C/C=C\CCCC(=O)O)C2CC[C@@H]1S2. The smallest absolute Gasteiger partial charge is 0.303 e. The molecular weight excluding hydrogens is 404 g/mol. The van der Waals surface area contributed by atoms with E-state index >= 15 is 0 Å². The Morgan fingerprint density at radius 3 is 2.59 bits per heavy atom. The van der Waals surface area contributed by atoms with Crippen LogP contribution in [-0.4, -0.2) is 45.6 Å². The summed E-state index contributed by atoms with van der Waals surface area (Å²) in [6, 6.07) is 0. The van der Waals surface area contributed by atoms with Crippen molar-refractivity contribution in [3.63, 3.8) is 0 Å². The van der Waals surface area contributed by atoms with Gasteiger partial charge in [0.15, 0.2) is 0 Å². The minimum absolute atomic E-state index is 0.0220. The minimum atomic E-state index is -0.727. The van der Waals surface area contributed by atoms with E-state index in [0.29, 0.717) is 33.7 Å². The Hall–Kier alpha value is -1.08. The van der Waals surface area contributed by atoms with Crippen LogP contribution in [0.2, 0.25) is 0 Å². The van der Waals surface area contributed by atoms with Crippen LogP contribution in [0, 0.1) is 11.8 Å². The maximum Gasteiger partial charge on any atom is 0.303 e. The number of thioether (sulfide) groups is 1. The van der Waals surface area contributed by atoms with Gasteiger partial charge in [-0.1, -0.05) is 44.1 Å². The summed E-state index contributed by atoms with van der Waals surface area (Å²) >= 11 is 7.39. The van der Waals surface area contributed by atoms with Crippen LogP contribution < -0.4 is 10.6 Å². The molecule has 0 spiro atoms. The van der Waals surface area contributed by atoms with Crippen molar-refractivity contribution in [2.45, 2.75) is 81.6 Å². The third kappa shape index (κ3) is 8.67. The molecule has 5 nitrogen and oxygen atoms in total. The molecule has 4 atom stereocenters. The number of nitrogens with one attached hydrogen (secondary N) is 2. The number of carboxylic acids is 1. The molecule has 0 saturated carbocycles. The first-order valence-electron chi connectivity index (χ1n) is 11.1. The van der Waals surface area contributed by atoms with E-state index in [4.69, 9.17) is 17.3 Å². The second kappa shape index (κ2) is 13.3. The molecule has 2 bridgehead atoms. The maximum absolute atomic E-state index is 12.3. The number of hydrogen-bond donors (Lipinski definition) is 3. The number of hydrogen-bond acceptors (Lipinski definition) is 4. The highest BCUT2D eigenvalue weighted by Gasteiger charge is 2.47. The summed E-state index contributed by atoms with van der Waals surface area (Å²) in [7, 11) is 0. The molecule has 0 radical (unpaired) electrons. The van der Waals surface area contributed by atoms with Crippen molar-refractivity contribution in [3.8, 4) is 0 Å². The van der Waals surface area contributed by atoms with Crippen LogP contribution in [0.4, 0.5) is 0 Å². The van der Waals surface area contributed by atoms with Gasteiger partial charge in [0, 0.05) is 30.0 Å². The molecule has 1 amide bonds. The molecular formula is C22H36N2O3S2. The fourth-order valence-electron chi connectivity index (χ4n) is 4.33. The molecule has 2 saturated heterocycles. The van der Waals surface area contributed by atoms with Crippen molar-refractivity contribution >= 4 is 40.8 Å². The zero-order chi connectivity index (χ0) is 21.1. The number of thiocarbonyl (C=S) groups is 1. The van der Waals surface area contributed by atoms with Crippen LogP contribution in [0.25, 0.3) is 0 Å². The van der Waals surface area contributed by atoms with E-state index in [9.17, 15) is 9.59 Å². The summed E-state index contributed by atoms with van der Waals surface area (Å²) in [5.41, 5.74) is 0. The van der Waals surface area contributed by atoms with Gasteiger partial charge in [0.1, 0.15) is 0 Å². The lowest BCUT2D eigenvalue weighted by Crippen LogP contribution is -2.39. The van der Waals surface area contributed by atoms with Gasteiger partial charge in [0.05, 0.1) is 11.4 Å². The monoisotopic (exact) mass is 440 g/mol. The van der Waals surface area contributed by atoms with Gasteiger partial charge in [-0.25, -0.2) is 0 Å². The molecule has 2 aliphatic heterocycles. The molecule has 0 aromatic heterocycles. The number of unbranched alkanes of at least 4 members (excludes halogenated alkanes) is 3. The van der Waals surface area contributed by atoms with Crippen molar-refractivity contribution in [2.24, 2.45) is 11.8 Å². The lowest BCUT2D eigenvalue weighted by Gasteiger charge is -2.29. The summed E-state index contributed by atoms with van der Waals surface area (Å²) in [5, 5.41) is 16.4. The topological polar surface area (TPSA) is 78.4 Å². The highest BCUT2D eigenvalue weighted by Crippen LogP contribution is 2.54. The van der Waals surface area contributed by atoms with Crippen LogP contribution >= 0.6 is 24.0 Å². The molecule has 0 aromatic carbocycles. The average Bonchev–Trinajstić information content (AvgIpc) is 3.28. The number of carbonyl (C=O) groups is 2. The molecule has 2 rings (SSSR count). The highest BCUT2D eigenvalue weighted by molar-refractivity contribution is 8.01. The van der Waals surface area contributed by atoms with Gasteiger partial charge in [0.2, 0.25) is 5.91 Å². The Morgan fingerprint density at radius 1 is 1.10 bits per heavy atom. The number of allylic oxidation sites excluding steroid dienone is 2. The van der Waals surface area contributed by atoms with E-state index in [1.54, 1.807) is 0 Å². The van der Waals surface area contributed by atoms with Crippen LogP contribution in [0.15, 0.2) is 12.2 Å². The quantitative estimate of drug-likeness (QED) is 0.212. The van der Waals surface area contributed by atoms with Gasteiger partial charge in [-0.2, -0.15) is 11.8 Å². The van der Waals surface area contributed by atoms with Crippen molar-refractivity contribution in [1.29, 1.82) is 0 Å². The molecule has 0 aliphatic carbocycles. The summed E-state index contributed by atoms with van der Waals surface area (Å²) < 4.78 is 0. The molecule has 0 aromatic rings. The lowest BCUT2D eigenvalue weighted by atomic mass is 9.77. The predicted octanol–water partition coefficient (Wildman–Crippen LogP) is 4.31. The first kappa shape index (κ1) is 24.2. The zero-order valence-electron chi connectivity index (χ0n) is 17.5. The minimum Gasteiger partial charge on any atom is -0.481 e. The van der Waals surface area contributed by atoms with Gasteiger partial charge >= 0.3 is 5.97 Å². The lowest BCUT2D eigenvalue weighted by molar-refractivity contribution is -0.137. The normalized spacial score (nSPS) is 25.4. The maximum atomic E-state index is 12.3. The molecule has 3 N–H and O–H groups in total. The number of carboxylic acid groups (broad SMARTS) is 1. The van der Waals surface area contributed by atoms with E-state index in [0.717, 1.165) is 32.4 Å². The summed E-state index contributed by atoms with van der Waals surface area (Å²) in [6.45, 7) is 3.76. The molecule has 2 aliphatic rings. The van der Waals surface area contributed by atoms with E-state index in [1.807, 2.05) is 0 Å². The van der Waals surface area contributed by atoms with Gasteiger partial charge < -0.3 is 15.7 Å². The summed E-state index contributed by atoms with van der Waals surface area (Å²) in [4.78, 5) is 23.5. The Balaban J connectivity index is 1.69.